The van der Waals surface area contributed by atoms with Crippen molar-refractivity contribution in [2.24, 2.45) is 11.8 Å². The molecular formula is C18H18FN3O4. The number of aliphatic carboxylic acids is 1. The van der Waals surface area contributed by atoms with Gasteiger partial charge in [-0.25, -0.2) is 4.39 Å². The molecule has 7 nitrogen and oxygen atoms in total. The number of carboxylic acid groups (broad SMARTS) is 1. The molecule has 2 aliphatic rings. The highest BCUT2D eigenvalue weighted by molar-refractivity contribution is 5.89. The van der Waals surface area contributed by atoms with Crippen LogP contribution < -0.4 is 0 Å². The van der Waals surface area contributed by atoms with Crippen LogP contribution in [0.5, 0.6) is 0 Å². The summed E-state index contributed by atoms with van der Waals surface area (Å²) in [5, 5.41) is 12.9. The van der Waals surface area contributed by atoms with Crippen LogP contribution in [0.3, 0.4) is 0 Å². The fraction of sp³-hybridized carbons (Fsp3) is 0.444. The van der Waals surface area contributed by atoms with E-state index in [0.29, 0.717) is 36.8 Å². The molecule has 4 rings (SSSR count). The van der Waals surface area contributed by atoms with Gasteiger partial charge in [-0.3, -0.25) is 9.59 Å². The van der Waals surface area contributed by atoms with Crippen molar-refractivity contribution in [2.45, 2.75) is 25.2 Å². The molecule has 2 fully saturated rings. The van der Waals surface area contributed by atoms with Crippen LogP contribution in [0.1, 0.15) is 31.1 Å². The summed E-state index contributed by atoms with van der Waals surface area (Å²) in [6.45, 7) is 1.05. The van der Waals surface area contributed by atoms with Gasteiger partial charge in [-0.2, -0.15) is 4.98 Å². The number of rotatable bonds is 4. The zero-order valence-electron chi connectivity index (χ0n) is 14.0. The molecule has 1 amide bonds. The van der Waals surface area contributed by atoms with E-state index in [0.717, 1.165) is 12.8 Å². The average Bonchev–Trinajstić information content (AvgIpc) is 3.30. The van der Waals surface area contributed by atoms with E-state index in [2.05, 4.69) is 10.1 Å². The predicted molar refractivity (Wildman–Crippen MR) is 87.5 cm³/mol. The molecule has 1 aromatic heterocycles. The minimum atomic E-state index is -0.909. The zero-order chi connectivity index (χ0) is 18.3. The number of halogens is 1. The topological polar surface area (TPSA) is 96.5 Å². The summed E-state index contributed by atoms with van der Waals surface area (Å²) < 4.78 is 18.7. The first-order valence-electron chi connectivity index (χ1n) is 8.64. The molecule has 3 atom stereocenters. The van der Waals surface area contributed by atoms with Gasteiger partial charge in [-0.05, 0) is 31.4 Å². The number of nitrogens with zero attached hydrogens (tertiary/aromatic N) is 3. The van der Waals surface area contributed by atoms with Crippen molar-refractivity contribution >= 4 is 11.9 Å². The average molecular weight is 359 g/mol. The summed E-state index contributed by atoms with van der Waals surface area (Å²) in [5.41, 5.74) is 0.533. The summed E-state index contributed by atoms with van der Waals surface area (Å²) in [7, 11) is 0. The molecule has 0 unspecified atom stereocenters. The Labute approximate surface area is 148 Å². The van der Waals surface area contributed by atoms with Gasteiger partial charge in [0.05, 0.1) is 17.8 Å². The van der Waals surface area contributed by atoms with Gasteiger partial charge in [-0.1, -0.05) is 17.3 Å². The number of benzene rings is 1. The smallest absolute Gasteiger partial charge is 0.307 e. The second-order valence-corrected chi connectivity index (χ2v) is 6.88. The monoisotopic (exact) mass is 359 g/mol. The third-order valence-corrected chi connectivity index (χ3v) is 5.03. The Bertz CT molecular complexity index is 852. The van der Waals surface area contributed by atoms with E-state index in [4.69, 9.17) is 9.63 Å². The van der Waals surface area contributed by atoms with Gasteiger partial charge in [0, 0.05) is 18.7 Å². The van der Waals surface area contributed by atoms with Crippen molar-refractivity contribution < 1.29 is 23.6 Å². The Morgan fingerprint density at radius 1 is 1.31 bits per heavy atom. The highest BCUT2D eigenvalue weighted by Crippen LogP contribution is 2.41. The van der Waals surface area contributed by atoms with Crippen LogP contribution in [0.15, 0.2) is 28.8 Å². The number of aromatic nitrogens is 2. The first kappa shape index (κ1) is 16.7. The van der Waals surface area contributed by atoms with Gasteiger partial charge in [0.15, 0.2) is 0 Å². The lowest BCUT2D eigenvalue weighted by Gasteiger charge is -2.31. The normalized spacial score (nSPS) is 25.1. The lowest BCUT2D eigenvalue weighted by atomic mass is 9.97. The molecule has 26 heavy (non-hydrogen) atoms. The van der Waals surface area contributed by atoms with E-state index in [1.54, 1.807) is 17.0 Å². The van der Waals surface area contributed by atoms with Crippen LogP contribution in [-0.4, -0.2) is 45.1 Å². The van der Waals surface area contributed by atoms with Gasteiger partial charge in [0.25, 0.3) is 0 Å². The SMILES string of the molecule is O=C(O)[C@@H]1C[C@H]1C(=O)N1CCC[C@@H](c2nc(-c3cccc(F)c3)no2)C1. The molecule has 1 aliphatic heterocycles. The molecule has 136 valence electrons. The summed E-state index contributed by atoms with van der Waals surface area (Å²) in [5.74, 6) is -1.70. The van der Waals surface area contributed by atoms with Crippen LogP contribution in [0.25, 0.3) is 11.4 Å². The van der Waals surface area contributed by atoms with Crippen molar-refractivity contribution in [1.82, 2.24) is 15.0 Å². The number of piperidine rings is 1. The molecule has 2 heterocycles. The lowest BCUT2D eigenvalue weighted by Crippen LogP contribution is -2.40. The molecule has 2 aromatic rings. The lowest BCUT2D eigenvalue weighted by molar-refractivity contribution is -0.142. The van der Waals surface area contributed by atoms with Crippen LogP contribution in [0.2, 0.25) is 0 Å². The fourth-order valence-electron chi connectivity index (χ4n) is 3.50. The van der Waals surface area contributed by atoms with Gasteiger partial charge < -0.3 is 14.5 Å². The zero-order valence-corrected chi connectivity index (χ0v) is 14.0. The van der Waals surface area contributed by atoms with Gasteiger partial charge >= 0.3 is 5.97 Å². The summed E-state index contributed by atoms with van der Waals surface area (Å²) in [6.07, 6.45) is 2.01. The van der Waals surface area contributed by atoms with Crippen LogP contribution in [0, 0.1) is 17.7 Å². The number of carbonyl (C=O) groups excluding carboxylic acids is 1. The molecule has 8 heteroatoms. The molecule has 0 spiro atoms. The Kier molecular flexibility index (Phi) is 4.18. The van der Waals surface area contributed by atoms with Crippen molar-refractivity contribution in [2.75, 3.05) is 13.1 Å². The fourth-order valence-corrected chi connectivity index (χ4v) is 3.50. The summed E-state index contributed by atoms with van der Waals surface area (Å²) in [4.78, 5) is 29.5. The maximum Gasteiger partial charge on any atom is 0.307 e. The molecule has 0 bridgehead atoms. The van der Waals surface area contributed by atoms with E-state index in [1.165, 1.54) is 12.1 Å². The molecule has 1 saturated heterocycles. The van der Waals surface area contributed by atoms with E-state index in [-0.39, 0.29) is 17.6 Å². The van der Waals surface area contributed by atoms with Gasteiger partial charge in [0.1, 0.15) is 5.82 Å². The molecule has 1 aromatic carbocycles. The van der Waals surface area contributed by atoms with E-state index < -0.39 is 17.8 Å². The summed E-state index contributed by atoms with van der Waals surface area (Å²) in [6, 6.07) is 5.96. The van der Waals surface area contributed by atoms with Crippen molar-refractivity contribution in [3.05, 3.63) is 36.0 Å². The summed E-state index contributed by atoms with van der Waals surface area (Å²) >= 11 is 0. The number of hydrogen-bond acceptors (Lipinski definition) is 5. The molecule has 1 N–H and O–H groups in total. The minimum Gasteiger partial charge on any atom is -0.481 e. The number of likely N-dealkylation sites (tertiary alicyclic amines) is 1. The Morgan fingerprint density at radius 3 is 2.88 bits per heavy atom. The Balaban J connectivity index is 1.45. The second-order valence-electron chi connectivity index (χ2n) is 6.88. The van der Waals surface area contributed by atoms with Crippen molar-refractivity contribution in [3.8, 4) is 11.4 Å². The number of hydrogen-bond donors (Lipinski definition) is 1. The van der Waals surface area contributed by atoms with Crippen LogP contribution in [-0.2, 0) is 9.59 Å². The first-order chi connectivity index (χ1) is 12.5. The quantitative estimate of drug-likeness (QED) is 0.900. The standard InChI is InChI=1S/C18H18FN3O4/c19-12-5-1-3-10(7-12)15-20-16(26-21-15)11-4-2-6-22(9-11)17(23)13-8-14(13)18(24)25/h1,3,5,7,11,13-14H,2,4,6,8-9H2,(H,24,25)/t11-,13-,14-/m1/s1. The number of amides is 1. The number of carbonyl (C=O) groups is 2. The third kappa shape index (κ3) is 3.18. The maximum atomic E-state index is 13.4. The largest absolute Gasteiger partial charge is 0.481 e. The van der Waals surface area contributed by atoms with Gasteiger partial charge in [0.2, 0.25) is 17.6 Å². The predicted octanol–water partition coefficient (Wildman–Crippen LogP) is 2.30. The van der Waals surface area contributed by atoms with Crippen LogP contribution >= 0.6 is 0 Å². The van der Waals surface area contributed by atoms with Crippen LogP contribution in [0.4, 0.5) is 4.39 Å². The van der Waals surface area contributed by atoms with E-state index >= 15 is 0 Å². The number of carboxylic acids is 1. The minimum absolute atomic E-state index is 0.0930. The Morgan fingerprint density at radius 2 is 2.15 bits per heavy atom. The first-order valence-corrected chi connectivity index (χ1v) is 8.64. The van der Waals surface area contributed by atoms with E-state index in [9.17, 15) is 14.0 Å². The highest BCUT2D eigenvalue weighted by atomic mass is 19.1. The van der Waals surface area contributed by atoms with Gasteiger partial charge in [-0.15, -0.1) is 0 Å². The van der Waals surface area contributed by atoms with E-state index in [1.807, 2.05) is 0 Å². The maximum absolute atomic E-state index is 13.4. The van der Waals surface area contributed by atoms with Crippen molar-refractivity contribution in [3.63, 3.8) is 0 Å². The molecule has 0 radical (unpaired) electrons. The molecule has 1 saturated carbocycles. The molecular weight excluding hydrogens is 341 g/mol. The molecule has 1 aliphatic carbocycles. The van der Waals surface area contributed by atoms with Crippen molar-refractivity contribution in [1.29, 1.82) is 0 Å². The third-order valence-electron chi connectivity index (χ3n) is 5.03. The second kappa shape index (κ2) is 6.51. The Hall–Kier alpha value is -2.77. The highest BCUT2D eigenvalue weighted by Gasteiger charge is 2.50.